The Morgan fingerprint density at radius 3 is 2.41 bits per heavy atom. The molecule has 0 amide bonds. The molecule has 1 aromatic heterocycles. The highest BCUT2D eigenvalue weighted by atomic mass is 32.2. The summed E-state index contributed by atoms with van der Waals surface area (Å²) >= 11 is 0. The molecular weight excluding hydrogens is 479 g/mol. The average Bonchev–Trinajstić information content (AvgIpc) is 2.78. The van der Waals surface area contributed by atoms with Crippen molar-refractivity contribution >= 4 is 55.3 Å². The number of rotatable bonds is 7. The Bertz CT molecular complexity index is 1330. The fraction of sp³-hybridized carbons (Fsp3) is 0.273. The van der Waals surface area contributed by atoms with Crippen LogP contribution < -0.4 is 20.3 Å². The van der Waals surface area contributed by atoms with E-state index in [-0.39, 0.29) is 17.5 Å². The molecule has 34 heavy (non-hydrogen) atoms. The zero-order valence-corrected chi connectivity index (χ0v) is 20.3. The van der Waals surface area contributed by atoms with Crippen LogP contribution in [0.15, 0.2) is 48.7 Å². The number of nitrogens with zero attached hydrogens (tertiary/aromatic N) is 3. The molecule has 3 aromatic rings. The molecule has 12 heteroatoms. The normalized spacial score (nSPS) is 14.6. The van der Waals surface area contributed by atoms with Gasteiger partial charge in [0.25, 0.3) is 0 Å². The highest BCUT2D eigenvalue weighted by Crippen LogP contribution is 2.28. The summed E-state index contributed by atoms with van der Waals surface area (Å²) in [5.41, 5.74) is 3.39. The van der Waals surface area contributed by atoms with Gasteiger partial charge in [0.2, 0.25) is 16.0 Å². The van der Waals surface area contributed by atoms with E-state index in [0.717, 1.165) is 42.5 Å². The maximum absolute atomic E-state index is 14.4. The Kier molecular flexibility index (Phi) is 6.98. The number of nitrogens with one attached hydrogen (secondary N) is 3. The van der Waals surface area contributed by atoms with Crippen molar-refractivity contribution in [2.24, 2.45) is 0 Å². The van der Waals surface area contributed by atoms with E-state index in [4.69, 9.17) is 0 Å². The molecule has 3 N–H and O–H groups in total. The van der Waals surface area contributed by atoms with E-state index in [0.29, 0.717) is 17.2 Å². The Morgan fingerprint density at radius 2 is 1.74 bits per heavy atom. The molecule has 0 aliphatic carbocycles. The maximum atomic E-state index is 14.4. The van der Waals surface area contributed by atoms with Crippen LogP contribution in [0.3, 0.4) is 0 Å². The second-order valence-electron chi connectivity index (χ2n) is 7.89. The van der Waals surface area contributed by atoms with Gasteiger partial charge >= 0.3 is 0 Å². The average molecular weight is 505 g/mol. The van der Waals surface area contributed by atoms with Gasteiger partial charge in [-0.05, 0) is 42.8 Å². The van der Waals surface area contributed by atoms with Gasteiger partial charge in [0.1, 0.15) is 0 Å². The number of benzene rings is 2. The smallest absolute Gasteiger partial charge is 0.229 e. The van der Waals surface area contributed by atoms with Gasteiger partial charge in [-0.2, -0.15) is 4.98 Å². The molecule has 1 fully saturated rings. The Labute approximate surface area is 200 Å². The molecule has 9 nitrogen and oxygen atoms in total. The summed E-state index contributed by atoms with van der Waals surface area (Å²) in [6.45, 7) is 3.46. The summed E-state index contributed by atoms with van der Waals surface area (Å²) in [6, 6.07) is 12.4. The predicted octanol–water partition coefficient (Wildman–Crippen LogP) is 3.35. The molecule has 1 aliphatic heterocycles. The molecular formula is C22H25FN6O3S2. The van der Waals surface area contributed by atoms with E-state index < -0.39 is 26.6 Å². The van der Waals surface area contributed by atoms with E-state index in [2.05, 4.69) is 30.2 Å². The molecule has 2 heterocycles. The maximum Gasteiger partial charge on any atom is 0.229 e. The minimum Gasteiger partial charge on any atom is -0.370 e. The van der Waals surface area contributed by atoms with Crippen molar-refractivity contribution in [3.8, 4) is 0 Å². The van der Waals surface area contributed by atoms with E-state index in [1.165, 1.54) is 0 Å². The molecule has 2 aromatic carbocycles. The first-order valence-electron chi connectivity index (χ1n) is 10.5. The van der Waals surface area contributed by atoms with Gasteiger partial charge in [-0.3, -0.25) is 8.93 Å². The lowest BCUT2D eigenvalue weighted by molar-refractivity contribution is 0.607. The van der Waals surface area contributed by atoms with Crippen molar-refractivity contribution in [3.05, 3.63) is 60.0 Å². The fourth-order valence-corrected chi connectivity index (χ4v) is 5.15. The second kappa shape index (κ2) is 9.94. The number of aromatic nitrogens is 2. The number of hydrogen-bond acceptors (Lipinski definition) is 8. The first kappa shape index (κ1) is 23.9. The molecule has 0 bridgehead atoms. The summed E-state index contributed by atoms with van der Waals surface area (Å²) in [7, 11) is -4.26. The number of aryl methyl sites for hydroxylation is 1. The largest absolute Gasteiger partial charge is 0.370 e. The van der Waals surface area contributed by atoms with Crippen molar-refractivity contribution in [2.75, 3.05) is 51.1 Å². The van der Waals surface area contributed by atoms with Crippen LogP contribution >= 0.6 is 0 Å². The highest BCUT2D eigenvalue weighted by molar-refractivity contribution is 7.92. The molecule has 0 saturated carbocycles. The second-order valence-corrected chi connectivity index (χ2v) is 11.3. The minimum absolute atomic E-state index is 0.101. The first-order valence-corrected chi connectivity index (χ1v) is 13.9. The number of para-hydroxylation sites is 2. The SMILES string of the molecule is Cc1cc(N2CCS(=O)CC2)ccc1Nc1ncc(F)c(Nc2ccccc2NS(C)(=O)=O)n1. The van der Waals surface area contributed by atoms with Crippen LogP contribution in [0.4, 0.5) is 38.9 Å². The summed E-state index contributed by atoms with van der Waals surface area (Å²) in [4.78, 5) is 10.5. The topological polar surface area (TPSA) is 116 Å². The number of halogens is 1. The fourth-order valence-electron chi connectivity index (χ4n) is 3.52. The molecule has 1 aliphatic rings. The quantitative estimate of drug-likeness (QED) is 0.449. The van der Waals surface area contributed by atoms with E-state index in [9.17, 15) is 17.0 Å². The number of sulfonamides is 1. The number of hydrogen-bond donors (Lipinski definition) is 3. The lowest BCUT2D eigenvalue weighted by Gasteiger charge is -2.29. The van der Waals surface area contributed by atoms with Crippen LogP contribution in [-0.4, -0.2) is 53.4 Å². The summed E-state index contributed by atoms with van der Waals surface area (Å²) in [6.07, 6.45) is 2.08. The van der Waals surface area contributed by atoms with Gasteiger partial charge in [-0.25, -0.2) is 17.8 Å². The van der Waals surface area contributed by atoms with Crippen molar-refractivity contribution in [2.45, 2.75) is 6.92 Å². The summed E-state index contributed by atoms with van der Waals surface area (Å²) < 4.78 is 51.7. The summed E-state index contributed by atoms with van der Waals surface area (Å²) in [5.74, 6) is 0.731. The lowest BCUT2D eigenvalue weighted by atomic mass is 10.1. The number of anilines is 6. The highest BCUT2D eigenvalue weighted by Gasteiger charge is 2.17. The molecule has 0 radical (unpaired) electrons. The molecule has 0 unspecified atom stereocenters. The first-order chi connectivity index (χ1) is 16.2. The van der Waals surface area contributed by atoms with Crippen molar-refractivity contribution in [3.63, 3.8) is 0 Å². The van der Waals surface area contributed by atoms with Gasteiger partial charge in [-0.15, -0.1) is 0 Å². The van der Waals surface area contributed by atoms with Crippen molar-refractivity contribution < 1.29 is 17.0 Å². The van der Waals surface area contributed by atoms with E-state index in [1.807, 2.05) is 25.1 Å². The van der Waals surface area contributed by atoms with Crippen LogP contribution in [0.5, 0.6) is 0 Å². The standard InChI is InChI=1S/C22H25FN6O3S2/c1-15-13-16(29-9-11-33(30)12-10-29)7-8-18(15)26-22-24-14-17(23)21(27-22)25-19-5-3-4-6-20(19)28-34(2,31)32/h3-8,13-14,28H,9-12H2,1-2H3,(H2,24,25,26,27). The zero-order valence-electron chi connectivity index (χ0n) is 18.7. The lowest BCUT2D eigenvalue weighted by Crippen LogP contribution is -2.37. The van der Waals surface area contributed by atoms with Crippen LogP contribution in [-0.2, 0) is 20.8 Å². The van der Waals surface area contributed by atoms with Crippen molar-refractivity contribution in [1.82, 2.24) is 9.97 Å². The van der Waals surface area contributed by atoms with Crippen LogP contribution in [0.2, 0.25) is 0 Å². The minimum atomic E-state index is -3.52. The zero-order chi connectivity index (χ0) is 24.3. The predicted molar refractivity (Wildman–Crippen MR) is 135 cm³/mol. The summed E-state index contributed by atoms with van der Waals surface area (Å²) in [5, 5.41) is 5.94. The Hall–Kier alpha value is -3.25. The molecule has 0 spiro atoms. The van der Waals surface area contributed by atoms with E-state index >= 15 is 0 Å². The molecule has 1 saturated heterocycles. The molecule has 4 rings (SSSR count). The van der Waals surface area contributed by atoms with Crippen LogP contribution in [0.1, 0.15) is 5.56 Å². The third kappa shape index (κ3) is 6.00. The monoisotopic (exact) mass is 504 g/mol. The van der Waals surface area contributed by atoms with Gasteiger partial charge < -0.3 is 15.5 Å². The molecule has 180 valence electrons. The third-order valence-corrected chi connectivity index (χ3v) is 7.09. The molecule has 0 atom stereocenters. The third-order valence-electron chi connectivity index (χ3n) is 5.22. The van der Waals surface area contributed by atoms with Gasteiger partial charge in [0, 0.05) is 46.8 Å². The van der Waals surface area contributed by atoms with Crippen molar-refractivity contribution in [1.29, 1.82) is 0 Å². The van der Waals surface area contributed by atoms with Crippen LogP contribution in [0, 0.1) is 12.7 Å². The Morgan fingerprint density at radius 1 is 1.03 bits per heavy atom. The Balaban J connectivity index is 1.53. The van der Waals surface area contributed by atoms with E-state index in [1.54, 1.807) is 24.3 Å². The van der Waals surface area contributed by atoms with Gasteiger partial charge in [0.15, 0.2) is 11.6 Å². The van der Waals surface area contributed by atoms with Crippen LogP contribution in [0.25, 0.3) is 0 Å². The van der Waals surface area contributed by atoms with Gasteiger partial charge in [0.05, 0.1) is 23.8 Å². The van der Waals surface area contributed by atoms with Gasteiger partial charge in [-0.1, -0.05) is 12.1 Å².